The molecule has 3 aliphatic rings. The van der Waals surface area contributed by atoms with E-state index < -0.39 is 9.84 Å². The van der Waals surface area contributed by atoms with Crippen molar-refractivity contribution in [2.45, 2.75) is 24.9 Å². The Balaban J connectivity index is 1.34. The van der Waals surface area contributed by atoms with Gasteiger partial charge in [-0.3, -0.25) is 4.99 Å². The number of aliphatic imine (C=N–C) groups is 1. The van der Waals surface area contributed by atoms with Gasteiger partial charge in [0, 0.05) is 17.5 Å². The fraction of sp³-hybridized carbons (Fsp3) is 0.409. The van der Waals surface area contributed by atoms with Crippen molar-refractivity contribution in [3.05, 3.63) is 54.1 Å². The minimum Gasteiger partial charge on any atom is -0.486 e. The summed E-state index contributed by atoms with van der Waals surface area (Å²) >= 11 is 1.71. The first-order valence-electron chi connectivity index (χ1n) is 10.2. The average Bonchev–Trinajstić information content (AvgIpc) is 3.22. The molecule has 0 aliphatic carbocycles. The molecule has 2 atom stereocenters. The zero-order valence-electron chi connectivity index (χ0n) is 16.6. The molecule has 6 nitrogen and oxygen atoms in total. The van der Waals surface area contributed by atoms with Crippen LogP contribution < -0.4 is 14.4 Å². The van der Waals surface area contributed by atoms with Crippen LogP contribution in [0.4, 0.5) is 5.69 Å². The van der Waals surface area contributed by atoms with Crippen molar-refractivity contribution in [1.82, 2.24) is 0 Å². The Morgan fingerprint density at radius 1 is 1.03 bits per heavy atom. The summed E-state index contributed by atoms with van der Waals surface area (Å²) in [5, 5.41) is 0.907. The molecular weight excluding hydrogens is 420 g/mol. The molecule has 1 saturated heterocycles. The smallest absolute Gasteiger partial charge is 0.164 e. The predicted octanol–water partition coefficient (Wildman–Crippen LogP) is 3.17. The highest BCUT2D eigenvalue weighted by Gasteiger charge is 2.47. The Kier molecular flexibility index (Phi) is 5.37. The molecule has 0 amide bonds. The summed E-state index contributed by atoms with van der Waals surface area (Å²) in [5.74, 6) is 2.64. The molecule has 0 bridgehead atoms. The van der Waals surface area contributed by atoms with Gasteiger partial charge in [0.25, 0.3) is 0 Å². The van der Waals surface area contributed by atoms with Gasteiger partial charge in [0.2, 0.25) is 0 Å². The van der Waals surface area contributed by atoms with Crippen molar-refractivity contribution in [3.63, 3.8) is 0 Å². The third-order valence-electron chi connectivity index (χ3n) is 5.60. The summed E-state index contributed by atoms with van der Waals surface area (Å²) in [4.78, 5) is 6.91. The van der Waals surface area contributed by atoms with Crippen molar-refractivity contribution >= 4 is 32.5 Å². The van der Waals surface area contributed by atoms with Crippen LogP contribution in [0.2, 0.25) is 0 Å². The summed E-state index contributed by atoms with van der Waals surface area (Å²) in [5.41, 5.74) is 2.25. The molecule has 1 fully saturated rings. The van der Waals surface area contributed by atoms with Gasteiger partial charge in [0.1, 0.15) is 13.2 Å². The lowest BCUT2D eigenvalue weighted by atomic mass is 10.1. The van der Waals surface area contributed by atoms with E-state index in [1.165, 1.54) is 5.56 Å². The van der Waals surface area contributed by atoms with Crippen LogP contribution in [-0.4, -0.2) is 56.1 Å². The first kappa shape index (κ1) is 19.8. The van der Waals surface area contributed by atoms with Crippen molar-refractivity contribution < 1.29 is 17.9 Å². The standard InChI is InChI=1S/C22H24N2O4S2/c25-30(26)14-18-19(15-30)24(17-8-9-20-21(13-17)28-11-10-27-20)22(23-18)29-12-4-7-16-5-2-1-3-6-16/h1-3,5-6,8-9,13,18-19H,4,7,10-12,14-15H2/t18-,19+/m0/s1. The highest BCUT2D eigenvalue weighted by molar-refractivity contribution is 8.14. The van der Waals surface area contributed by atoms with Gasteiger partial charge in [0.15, 0.2) is 26.5 Å². The highest BCUT2D eigenvalue weighted by atomic mass is 32.2. The second kappa shape index (κ2) is 8.15. The summed E-state index contributed by atoms with van der Waals surface area (Å²) in [6, 6.07) is 15.9. The number of ether oxygens (including phenoxy) is 2. The second-order valence-corrected chi connectivity index (χ2v) is 11.0. The minimum absolute atomic E-state index is 0.132. The summed E-state index contributed by atoms with van der Waals surface area (Å²) in [6.07, 6.45) is 2.06. The number of amidine groups is 1. The molecule has 0 radical (unpaired) electrons. The van der Waals surface area contributed by atoms with Gasteiger partial charge in [-0.1, -0.05) is 42.1 Å². The molecule has 2 aromatic rings. The second-order valence-electron chi connectivity index (χ2n) is 7.76. The highest BCUT2D eigenvalue weighted by Crippen LogP contribution is 2.40. The van der Waals surface area contributed by atoms with Crippen LogP contribution >= 0.6 is 11.8 Å². The van der Waals surface area contributed by atoms with Gasteiger partial charge in [-0.15, -0.1) is 0 Å². The van der Waals surface area contributed by atoms with E-state index >= 15 is 0 Å². The maximum absolute atomic E-state index is 12.2. The van der Waals surface area contributed by atoms with Gasteiger partial charge < -0.3 is 14.4 Å². The lowest BCUT2D eigenvalue weighted by Gasteiger charge is -2.28. The van der Waals surface area contributed by atoms with Gasteiger partial charge in [-0.05, 0) is 30.5 Å². The number of benzene rings is 2. The molecule has 3 heterocycles. The molecule has 0 N–H and O–H groups in total. The van der Waals surface area contributed by atoms with Crippen LogP contribution in [-0.2, 0) is 16.3 Å². The number of fused-ring (bicyclic) bond motifs is 2. The number of anilines is 1. The monoisotopic (exact) mass is 444 g/mol. The number of rotatable bonds is 5. The average molecular weight is 445 g/mol. The minimum atomic E-state index is -3.06. The van der Waals surface area contributed by atoms with Gasteiger partial charge in [0.05, 0.1) is 23.6 Å². The Morgan fingerprint density at radius 3 is 2.67 bits per heavy atom. The molecule has 2 aromatic carbocycles. The van der Waals surface area contributed by atoms with Crippen LogP contribution in [0.1, 0.15) is 12.0 Å². The molecule has 0 saturated carbocycles. The van der Waals surface area contributed by atoms with Crippen LogP contribution in [0, 0.1) is 0 Å². The van der Waals surface area contributed by atoms with E-state index in [2.05, 4.69) is 29.2 Å². The quantitative estimate of drug-likeness (QED) is 0.660. The van der Waals surface area contributed by atoms with Crippen LogP contribution in [0.5, 0.6) is 11.5 Å². The predicted molar refractivity (Wildman–Crippen MR) is 121 cm³/mol. The Hall–Kier alpha value is -2.19. The van der Waals surface area contributed by atoms with E-state index in [0.29, 0.717) is 19.0 Å². The van der Waals surface area contributed by atoms with Crippen LogP contribution in [0.15, 0.2) is 53.5 Å². The Labute approximate surface area is 181 Å². The van der Waals surface area contributed by atoms with Gasteiger partial charge in [-0.25, -0.2) is 8.42 Å². The lowest BCUT2D eigenvalue weighted by Crippen LogP contribution is -2.39. The van der Waals surface area contributed by atoms with E-state index in [1.807, 2.05) is 24.3 Å². The van der Waals surface area contributed by atoms with Crippen molar-refractivity contribution in [2.24, 2.45) is 4.99 Å². The van der Waals surface area contributed by atoms with Crippen molar-refractivity contribution in [2.75, 3.05) is 35.4 Å². The third kappa shape index (κ3) is 4.03. The summed E-state index contributed by atoms with van der Waals surface area (Å²) in [6.45, 7) is 1.06. The molecule has 0 aromatic heterocycles. The molecule has 0 spiro atoms. The lowest BCUT2D eigenvalue weighted by molar-refractivity contribution is 0.171. The molecule has 5 rings (SSSR count). The van der Waals surface area contributed by atoms with Gasteiger partial charge >= 0.3 is 0 Å². The Morgan fingerprint density at radius 2 is 1.83 bits per heavy atom. The van der Waals surface area contributed by atoms with E-state index in [4.69, 9.17) is 14.5 Å². The zero-order valence-corrected chi connectivity index (χ0v) is 18.2. The zero-order chi connectivity index (χ0) is 20.6. The summed E-state index contributed by atoms with van der Waals surface area (Å²) < 4.78 is 35.8. The van der Waals surface area contributed by atoms with Crippen molar-refractivity contribution in [3.8, 4) is 11.5 Å². The molecular formula is C22H24N2O4S2. The van der Waals surface area contributed by atoms with Gasteiger partial charge in [-0.2, -0.15) is 0 Å². The first-order chi connectivity index (χ1) is 14.6. The molecule has 158 valence electrons. The Bertz CT molecular complexity index is 1060. The normalized spacial score (nSPS) is 23.9. The van der Waals surface area contributed by atoms with E-state index in [9.17, 15) is 8.42 Å². The number of nitrogens with zero attached hydrogens (tertiary/aromatic N) is 2. The largest absolute Gasteiger partial charge is 0.486 e. The van der Waals surface area contributed by atoms with E-state index in [0.717, 1.165) is 35.2 Å². The molecule has 8 heteroatoms. The third-order valence-corrected chi connectivity index (χ3v) is 8.35. The van der Waals surface area contributed by atoms with Crippen LogP contribution in [0.3, 0.4) is 0 Å². The maximum Gasteiger partial charge on any atom is 0.164 e. The van der Waals surface area contributed by atoms with Crippen LogP contribution in [0.25, 0.3) is 0 Å². The SMILES string of the molecule is O=S1(=O)C[C@@H]2N=C(SCCCc3ccccc3)N(c3ccc4c(c3)OCCO4)[C@@H]2C1. The number of hydrogen-bond acceptors (Lipinski definition) is 7. The number of hydrogen-bond donors (Lipinski definition) is 0. The fourth-order valence-electron chi connectivity index (χ4n) is 4.20. The van der Waals surface area contributed by atoms with Crippen molar-refractivity contribution in [1.29, 1.82) is 0 Å². The van der Waals surface area contributed by atoms with E-state index in [1.54, 1.807) is 11.8 Å². The maximum atomic E-state index is 12.2. The number of sulfone groups is 1. The first-order valence-corrected chi connectivity index (χ1v) is 13.0. The topological polar surface area (TPSA) is 68.2 Å². The van der Waals surface area contributed by atoms with E-state index in [-0.39, 0.29) is 23.6 Å². The fourth-order valence-corrected chi connectivity index (χ4v) is 7.11. The summed E-state index contributed by atoms with van der Waals surface area (Å²) in [7, 11) is -3.06. The number of thioether (sulfide) groups is 1. The molecule has 0 unspecified atom stereocenters. The molecule has 30 heavy (non-hydrogen) atoms. The number of aryl methyl sites for hydroxylation is 1. The molecule has 3 aliphatic heterocycles.